The van der Waals surface area contributed by atoms with Crippen molar-refractivity contribution in [2.45, 2.75) is 40.0 Å². The van der Waals surface area contributed by atoms with Crippen molar-refractivity contribution in [3.8, 4) is 5.75 Å². The molecule has 1 heterocycles. The van der Waals surface area contributed by atoms with Gasteiger partial charge in [-0.3, -0.25) is 9.59 Å². The maximum absolute atomic E-state index is 12.3. The van der Waals surface area contributed by atoms with Gasteiger partial charge in [0.05, 0.1) is 5.56 Å². The van der Waals surface area contributed by atoms with E-state index in [2.05, 4.69) is 26.1 Å². The summed E-state index contributed by atoms with van der Waals surface area (Å²) >= 11 is 1.47. The SMILES string of the molecule is CC(C)(C)[C@@H]1CCc2c(sc(NC(=O)COc3ccccc3)c2C(N)=O)C1. The first-order valence-corrected chi connectivity index (χ1v) is 9.99. The molecule has 0 fully saturated rings. The summed E-state index contributed by atoms with van der Waals surface area (Å²) in [5, 5.41) is 3.37. The Morgan fingerprint density at radius 2 is 1.96 bits per heavy atom. The lowest BCUT2D eigenvalue weighted by Gasteiger charge is -2.33. The highest BCUT2D eigenvalue weighted by Crippen LogP contribution is 2.44. The molecule has 1 aromatic carbocycles. The van der Waals surface area contributed by atoms with E-state index in [0.717, 1.165) is 29.7 Å². The van der Waals surface area contributed by atoms with Crippen molar-refractivity contribution in [3.05, 3.63) is 46.3 Å². The van der Waals surface area contributed by atoms with Crippen LogP contribution in [0.4, 0.5) is 5.00 Å². The fourth-order valence-electron chi connectivity index (χ4n) is 3.50. The van der Waals surface area contributed by atoms with Crippen molar-refractivity contribution in [2.24, 2.45) is 17.1 Å². The summed E-state index contributed by atoms with van der Waals surface area (Å²) in [6, 6.07) is 9.15. The first-order valence-electron chi connectivity index (χ1n) is 9.17. The molecule has 0 unspecified atom stereocenters. The van der Waals surface area contributed by atoms with Gasteiger partial charge in [-0.15, -0.1) is 11.3 Å². The molecule has 1 atom stereocenters. The molecular weight excluding hydrogens is 360 g/mol. The molecule has 0 aliphatic heterocycles. The van der Waals surface area contributed by atoms with Crippen LogP contribution in [-0.4, -0.2) is 18.4 Å². The van der Waals surface area contributed by atoms with Gasteiger partial charge >= 0.3 is 0 Å². The number of hydrogen-bond acceptors (Lipinski definition) is 4. The van der Waals surface area contributed by atoms with Gasteiger partial charge in [0.1, 0.15) is 10.8 Å². The molecule has 144 valence electrons. The van der Waals surface area contributed by atoms with Gasteiger partial charge in [0.15, 0.2) is 6.61 Å². The molecule has 0 spiro atoms. The molecule has 27 heavy (non-hydrogen) atoms. The molecule has 5 nitrogen and oxygen atoms in total. The zero-order chi connectivity index (χ0) is 19.6. The fourth-order valence-corrected chi connectivity index (χ4v) is 4.85. The van der Waals surface area contributed by atoms with Crippen LogP contribution in [-0.2, 0) is 17.6 Å². The Kier molecular flexibility index (Phi) is 5.56. The number of primary amides is 1. The van der Waals surface area contributed by atoms with E-state index in [1.165, 1.54) is 11.3 Å². The topological polar surface area (TPSA) is 81.4 Å². The van der Waals surface area contributed by atoms with Crippen molar-refractivity contribution >= 4 is 28.2 Å². The lowest BCUT2D eigenvalue weighted by molar-refractivity contribution is -0.118. The molecule has 1 aliphatic carbocycles. The van der Waals surface area contributed by atoms with Crippen molar-refractivity contribution < 1.29 is 14.3 Å². The van der Waals surface area contributed by atoms with E-state index >= 15 is 0 Å². The Bertz CT molecular complexity index is 837. The average molecular weight is 387 g/mol. The monoisotopic (exact) mass is 386 g/mol. The Morgan fingerprint density at radius 3 is 2.59 bits per heavy atom. The molecule has 1 aromatic heterocycles. The van der Waals surface area contributed by atoms with Gasteiger partial charge in [-0.2, -0.15) is 0 Å². The number of para-hydroxylation sites is 1. The molecule has 3 N–H and O–H groups in total. The summed E-state index contributed by atoms with van der Waals surface area (Å²) in [6.45, 7) is 6.62. The van der Waals surface area contributed by atoms with Gasteiger partial charge in [0.25, 0.3) is 11.8 Å². The number of nitrogens with two attached hydrogens (primary N) is 1. The zero-order valence-electron chi connectivity index (χ0n) is 16.0. The van der Waals surface area contributed by atoms with Crippen LogP contribution >= 0.6 is 11.3 Å². The van der Waals surface area contributed by atoms with Crippen LogP contribution < -0.4 is 15.8 Å². The number of carbonyl (C=O) groups excluding carboxylic acids is 2. The van der Waals surface area contributed by atoms with E-state index in [-0.39, 0.29) is 17.9 Å². The van der Waals surface area contributed by atoms with Crippen LogP contribution in [0.25, 0.3) is 0 Å². The number of anilines is 1. The molecule has 1 aliphatic rings. The highest BCUT2D eigenvalue weighted by atomic mass is 32.1. The number of benzene rings is 1. The van der Waals surface area contributed by atoms with E-state index in [1.807, 2.05) is 18.2 Å². The summed E-state index contributed by atoms with van der Waals surface area (Å²) < 4.78 is 5.48. The minimum absolute atomic E-state index is 0.116. The Morgan fingerprint density at radius 1 is 1.26 bits per heavy atom. The van der Waals surface area contributed by atoms with Crippen molar-refractivity contribution in [1.29, 1.82) is 0 Å². The predicted octanol–water partition coefficient (Wildman–Crippen LogP) is 4.02. The van der Waals surface area contributed by atoms with Crippen LogP contribution in [0.3, 0.4) is 0 Å². The summed E-state index contributed by atoms with van der Waals surface area (Å²) in [5.74, 6) is 0.393. The molecule has 2 amide bonds. The van der Waals surface area contributed by atoms with Gasteiger partial charge < -0.3 is 15.8 Å². The second kappa shape index (κ2) is 7.72. The van der Waals surface area contributed by atoms with E-state index < -0.39 is 5.91 Å². The molecule has 0 saturated carbocycles. The molecule has 2 aromatic rings. The van der Waals surface area contributed by atoms with Crippen molar-refractivity contribution in [2.75, 3.05) is 11.9 Å². The van der Waals surface area contributed by atoms with Gasteiger partial charge in [-0.1, -0.05) is 39.0 Å². The number of thiophene rings is 1. The quantitative estimate of drug-likeness (QED) is 0.814. The van der Waals surface area contributed by atoms with Crippen LogP contribution in [0, 0.1) is 11.3 Å². The highest BCUT2D eigenvalue weighted by Gasteiger charge is 2.33. The number of rotatable bonds is 5. The second-order valence-corrected chi connectivity index (χ2v) is 9.13. The minimum atomic E-state index is -0.485. The molecule has 6 heteroatoms. The van der Waals surface area contributed by atoms with Gasteiger partial charge in [-0.25, -0.2) is 0 Å². The average Bonchev–Trinajstić information content (AvgIpc) is 2.97. The predicted molar refractivity (Wildman–Crippen MR) is 108 cm³/mol. The maximum Gasteiger partial charge on any atom is 0.262 e. The Balaban J connectivity index is 1.75. The van der Waals surface area contributed by atoms with Gasteiger partial charge in [0.2, 0.25) is 0 Å². The minimum Gasteiger partial charge on any atom is -0.484 e. The van der Waals surface area contributed by atoms with E-state index in [9.17, 15) is 9.59 Å². The highest BCUT2D eigenvalue weighted by molar-refractivity contribution is 7.17. The summed E-state index contributed by atoms with van der Waals surface area (Å²) in [5.41, 5.74) is 7.31. The van der Waals surface area contributed by atoms with Crippen LogP contribution in [0.2, 0.25) is 0 Å². The molecule has 0 bridgehead atoms. The van der Waals surface area contributed by atoms with Crippen molar-refractivity contribution in [3.63, 3.8) is 0 Å². The largest absolute Gasteiger partial charge is 0.484 e. The number of nitrogens with one attached hydrogen (secondary N) is 1. The number of hydrogen-bond donors (Lipinski definition) is 2. The summed E-state index contributed by atoms with van der Waals surface area (Å²) in [4.78, 5) is 25.5. The zero-order valence-corrected chi connectivity index (χ0v) is 16.8. The smallest absolute Gasteiger partial charge is 0.262 e. The third-order valence-corrected chi connectivity index (χ3v) is 6.27. The lowest BCUT2D eigenvalue weighted by atomic mass is 9.72. The standard InChI is InChI=1S/C21H26N2O3S/c1-21(2,3)13-9-10-15-16(11-13)27-20(18(15)19(22)25)23-17(24)12-26-14-7-5-4-6-8-14/h4-8,13H,9-12H2,1-3H3,(H2,22,25)(H,23,24)/t13-/m1/s1. The van der Waals surface area contributed by atoms with E-state index in [0.29, 0.717) is 22.2 Å². The van der Waals surface area contributed by atoms with Crippen LogP contribution in [0.5, 0.6) is 5.75 Å². The molecular formula is C21H26N2O3S. The molecule has 3 rings (SSSR count). The Hall–Kier alpha value is -2.34. The number of ether oxygens (including phenoxy) is 1. The lowest BCUT2D eigenvalue weighted by Crippen LogP contribution is -2.27. The fraction of sp³-hybridized carbons (Fsp3) is 0.429. The molecule has 0 saturated heterocycles. The van der Waals surface area contributed by atoms with E-state index in [1.54, 1.807) is 12.1 Å². The van der Waals surface area contributed by atoms with Gasteiger partial charge in [-0.05, 0) is 48.3 Å². The number of fused-ring (bicyclic) bond motifs is 1. The van der Waals surface area contributed by atoms with Gasteiger partial charge in [0, 0.05) is 4.88 Å². The maximum atomic E-state index is 12.3. The van der Waals surface area contributed by atoms with Crippen LogP contribution in [0.15, 0.2) is 30.3 Å². The number of amides is 2. The second-order valence-electron chi connectivity index (χ2n) is 8.03. The van der Waals surface area contributed by atoms with Crippen LogP contribution in [0.1, 0.15) is 48.0 Å². The summed E-state index contributed by atoms with van der Waals surface area (Å²) in [6.07, 6.45) is 2.76. The third kappa shape index (κ3) is 4.50. The Labute approximate surface area is 163 Å². The third-order valence-electron chi connectivity index (χ3n) is 5.10. The van der Waals surface area contributed by atoms with Crippen molar-refractivity contribution in [1.82, 2.24) is 0 Å². The first-order chi connectivity index (χ1) is 12.8. The number of carbonyl (C=O) groups is 2. The normalized spacial score (nSPS) is 16.5. The first kappa shape index (κ1) is 19.4. The molecule has 0 radical (unpaired) electrons. The summed E-state index contributed by atoms with van der Waals surface area (Å²) in [7, 11) is 0. The van der Waals surface area contributed by atoms with E-state index in [4.69, 9.17) is 10.5 Å².